The van der Waals surface area contributed by atoms with E-state index in [9.17, 15) is 4.79 Å². The van der Waals surface area contributed by atoms with Crippen LogP contribution >= 0.6 is 0 Å². The van der Waals surface area contributed by atoms with Crippen molar-refractivity contribution in [2.75, 3.05) is 0 Å². The number of hydrogen-bond acceptors (Lipinski definition) is 3. The molecular formula is C16H26N2O. The van der Waals surface area contributed by atoms with Crippen molar-refractivity contribution in [3.05, 3.63) is 0 Å². The number of nitrogens with zero attached hydrogens (tertiary/aromatic N) is 1. The predicted molar refractivity (Wildman–Crippen MR) is 77.4 cm³/mol. The molecule has 106 valence electrons. The molecule has 4 rings (SSSR count). The Morgan fingerprint density at radius 2 is 2.00 bits per heavy atom. The summed E-state index contributed by atoms with van der Waals surface area (Å²) < 4.78 is 0. The molecule has 0 saturated heterocycles. The highest BCUT2D eigenvalue weighted by Crippen LogP contribution is 2.75. The fourth-order valence-corrected chi connectivity index (χ4v) is 4.63. The Morgan fingerprint density at radius 1 is 1.37 bits per heavy atom. The van der Waals surface area contributed by atoms with Crippen LogP contribution in [0.1, 0.15) is 66.2 Å². The Kier molecular flexibility index (Phi) is 2.65. The zero-order chi connectivity index (χ0) is 13.9. The lowest BCUT2D eigenvalue weighted by Crippen LogP contribution is -2.68. The summed E-state index contributed by atoms with van der Waals surface area (Å²) in [6, 6.07) is -0.192. The maximum Gasteiger partial charge on any atom is 0.156 e. The number of ketones is 1. The van der Waals surface area contributed by atoms with Crippen molar-refractivity contribution in [2.24, 2.45) is 15.8 Å². The Bertz CT molecular complexity index is 430. The van der Waals surface area contributed by atoms with Crippen LogP contribution in [0.5, 0.6) is 0 Å². The van der Waals surface area contributed by atoms with E-state index in [1.807, 2.05) is 0 Å². The molecule has 0 unspecified atom stereocenters. The third-order valence-corrected chi connectivity index (χ3v) is 5.47. The summed E-state index contributed by atoms with van der Waals surface area (Å²) >= 11 is 0. The summed E-state index contributed by atoms with van der Waals surface area (Å²) in [4.78, 5) is 16.5. The van der Waals surface area contributed by atoms with E-state index in [1.165, 1.54) is 38.5 Å². The normalized spacial score (nSPS) is 41.9. The molecule has 2 bridgehead atoms. The highest BCUT2D eigenvalue weighted by molar-refractivity contribution is 5.98. The number of Topliss-reactive ketones (excluding diaryl/α,β-unsaturated/α-hetero) is 1. The number of carbonyl (C=O) groups excluding carboxylic acids is 1. The van der Waals surface area contributed by atoms with Crippen LogP contribution in [-0.4, -0.2) is 23.2 Å². The molecule has 0 aromatic rings. The largest absolute Gasteiger partial charge is 0.366 e. The molecule has 3 aliphatic carbocycles. The first kappa shape index (κ1) is 13.1. The third-order valence-electron chi connectivity index (χ3n) is 5.47. The molecule has 0 spiro atoms. The summed E-state index contributed by atoms with van der Waals surface area (Å²) in [5.41, 5.74) is 0.751. The third kappa shape index (κ3) is 1.77. The molecule has 3 heteroatoms. The molecular weight excluding hydrogens is 236 g/mol. The SMILES string of the molecule is CCCCC12CC(C3=N[C@@H](C(C)=O)C(C)(C)N3)(C1)C2. The van der Waals surface area contributed by atoms with Gasteiger partial charge in [0, 0.05) is 5.41 Å². The first-order valence-electron chi connectivity index (χ1n) is 7.70. The van der Waals surface area contributed by atoms with E-state index < -0.39 is 0 Å². The number of nitrogens with one attached hydrogen (secondary N) is 1. The van der Waals surface area contributed by atoms with Gasteiger partial charge in [-0.2, -0.15) is 0 Å². The average molecular weight is 262 g/mol. The Hall–Kier alpha value is -0.860. The lowest BCUT2D eigenvalue weighted by Gasteiger charge is -2.71. The van der Waals surface area contributed by atoms with Crippen LogP contribution < -0.4 is 5.32 Å². The average Bonchev–Trinajstić information content (AvgIpc) is 2.50. The lowest BCUT2D eigenvalue weighted by atomic mass is 9.33. The second-order valence-corrected chi connectivity index (χ2v) is 7.75. The van der Waals surface area contributed by atoms with Gasteiger partial charge in [-0.25, -0.2) is 0 Å². The van der Waals surface area contributed by atoms with Gasteiger partial charge in [0.15, 0.2) is 5.78 Å². The number of amidine groups is 1. The Morgan fingerprint density at radius 3 is 2.47 bits per heavy atom. The molecule has 0 amide bonds. The smallest absolute Gasteiger partial charge is 0.156 e. The first-order valence-corrected chi connectivity index (χ1v) is 7.70. The van der Waals surface area contributed by atoms with E-state index in [-0.39, 0.29) is 17.4 Å². The van der Waals surface area contributed by atoms with E-state index >= 15 is 0 Å². The number of carbonyl (C=O) groups is 1. The highest BCUT2D eigenvalue weighted by atomic mass is 16.1. The van der Waals surface area contributed by atoms with Crippen LogP contribution in [0.15, 0.2) is 4.99 Å². The molecule has 3 saturated carbocycles. The van der Waals surface area contributed by atoms with Crippen LogP contribution in [-0.2, 0) is 4.79 Å². The topological polar surface area (TPSA) is 41.5 Å². The molecule has 1 atom stereocenters. The second-order valence-electron chi connectivity index (χ2n) is 7.75. The molecule has 19 heavy (non-hydrogen) atoms. The Balaban J connectivity index is 1.68. The number of aliphatic imine (C=N–C) groups is 1. The van der Waals surface area contributed by atoms with E-state index in [4.69, 9.17) is 4.99 Å². The van der Waals surface area contributed by atoms with Crippen molar-refractivity contribution in [3.8, 4) is 0 Å². The minimum atomic E-state index is -0.201. The first-order chi connectivity index (χ1) is 8.83. The van der Waals surface area contributed by atoms with E-state index in [1.54, 1.807) is 6.92 Å². The van der Waals surface area contributed by atoms with Crippen molar-refractivity contribution in [3.63, 3.8) is 0 Å². The maximum absolute atomic E-state index is 11.7. The van der Waals surface area contributed by atoms with Gasteiger partial charge in [-0.05, 0) is 51.9 Å². The summed E-state index contributed by atoms with van der Waals surface area (Å²) in [5, 5.41) is 3.54. The van der Waals surface area contributed by atoms with Gasteiger partial charge >= 0.3 is 0 Å². The highest BCUT2D eigenvalue weighted by Gasteiger charge is 2.70. The van der Waals surface area contributed by atoms with Crippen LogP contribution in [0, 0.1) is 10.8 Å². The van der Waals surface area contributed by atoms with Gasteiger partial charge < -0.3 is 5.32 Å². The number of hydrogen-bond donors (Lipinski definition) is 1. The minimum absolute atomic E-state index is 0.180. The van der Waals surface area contributed by atoms with E-state index in [0.717, 1.165) is 5.84 Å². The van der Waals surface area contributed by atoms with Gasteiger partial charge in [0.1, 0.15) is 11.9 Å². The molecule has 0 aromatic heterocycles. The summed E-state index contributed by atoms with van der Waals surface area (Å²) in [5.74, 6) is 1.32. The van der Waals surface area contributed by atoms with E-state index in [2.05, 4.69) is 26.1 Å². The van der Waals surface area contributed by atoms with Crippen molar-refractivity contribution < 1.29 is 4.79 Å². The fourth-order valence-electron chi connectivity index (χ4n) is 4.63. The van der Waals surface area contributed by atoms with Gasteiger partial charge in [-0.3, -0.25) is 9.79 Å². The monoisotopic (exact) mass is 262 g/mol. The molecule has 3 fully saturated rings. The molecule has 0 aromatic carbocycles. The van der Waals surface area contributed by atoms with Crippen molar-refractivity contribution >= 4 is 11.6 Å². The van der Waals surface area contributed by atoms with Crippen molar-refractivity contribution in [2.45, 2.75) is 77.8 Å². The molecule has 0 radical (unpaired) electrons. The van der Waals surface area contributed by atoms with Crippen LogP contribution in [0.4, 0.5) is 0 Å². The van der Waals surface area contributed by atoms with Crippen molar-refractivity contribution in [1.82, 2.24) is 5.32 Å². The van der Waals surface area contributed by atoms with Gasteiger partial charge in [-0.1, -0.05) is 19.8 Å². The quantitative estimate of drug-likeness (QED) is 0.827. The molecule has 1 aliphatic heterocycles. The standard InChI is InChI=1S/C16H26N2O/c1-5-6-7-15-8-16(9-15,10-15)13-17-12(11(2)19)14(3,4)18-13/h12H,5-10H2,1-4H3,(H,17,18)/t12-,15?,16?/m0/s1. The van der Waals surface area contributed by atoms with Gasteiger partial charge in [0.2, 0.25) is 0 Å². The van der Waals surface area contributed by atoms with Crippen LogP contribution in [0.25, 0.3) is 0 Å². The fraction of sp³-hybridized carbons (Fsp3) is 0.875. The molecule has 1 heterocycles. The molecule has 4 aliphatic rings. The predicted octanol–water partition coefficient (Wildman–Crippen LogP) is 3.08. The zero-order valence-electron chi connectivity index (χ0n) is 12.7. The van der Waals surface area contributed by atoms with Crippen LogP contribution in [0.3, 0.4) is 0 Å². The minimum Gasteiger partial charge on any atom is -0.366 e. The summed E-state index contributed by atoms with van der Waals surface area (Å²) in [7, 11) is 0. The lowest BCUT2D eigenvalue weighted by molar-refractivity contribution is -0.160. The van der Waals surface area contributed by atoms with Crippen LogP contribution in [0.2, 0.25) is 0 Å². The van der Waals surface area contributed by atoms with Gasteiger partial charge in [0.05, 0.1) is 5.54 Å². The summed E-state index contributed by atoms with van der Waals surface area (Å²) in [6.45, 7) is 8.11. The molecule has 1 N–H and O–H groups in total. The number of unbranched alkanes of at least 4 members (excludes halogenated alkanes) is 1. The van der Waals surface area contributed by atoms with E-state index in [0.29, 0.717) is 10.8 Å². The Labute approximate surface area is 116 Å². The zero-order valence-corrected chi connectivity index (χ0v) is 12.7. The van der Waals surface area contributed by atoms with Gasteiger partial charge in [-0.15, -0.1) is 0 Å². The summed E-state index contributed by atoms with van der Waals surface area (Å²) in [6.07, 6.45) is 7.94. The van der Waals surface area contributed by atoms with Gasteiger partial charge in [0.25, 0.3) is 0 Å². The number of rotatable bonds is 5. The van der Waals surface area contributed by atoms with Crippen molar-refractivity contribution in [1.29, 1.82) is 0 Å². The maximum atomic E-state index is 11.7. The second kappa shape index (κ2) is 3.83. The molecule has 3 nitrogen and oxygen atoms in total.